The maximum atomic E-state index is 7.10. The van der Waals surface area contributed by atoms with Crippen molar-refractivity contribution in [3.05, 3.63) is 229 Å². The van der Waals surface area contributed by atoms with Crippen LogP contribution < -0.4 is 30.4 Å². The standard InChI is InChI=1S/C74H62BN3O2S/c1-72(2,3)47-29-34-50(35-30-47)76(51-36-31-48(32-37-51)73(4,5)6)52-38-39-58-61(44-52)77(59-25-17-23-55-53-21-13-15-27-64(53)79-69(55)59)62-41-46(45-19-11-10-12-20-45)42-63-67(62)75(58)71-68(57-43-49(74(7,8)9)33-40-66(57)81-71)78(63)60-26-18-24-56-54-22-14-16-28-65(54)80-70(56)60/h10-44H,1-9H3. The molecule has 2 aliphatic rings. The third-order valence-electron chi connectivity index (χ3n) is 17.1. The lowest BCUT2D eigenvalue weighted by molar-refractivity contribution is 0.590. The fourth-order valence-electron chi connectivity index (χ4n) is 12.9. The van der Waals surface area contributed by atoms with Crippen LogP contribution in [0.15, 0.2) is 221 Å². The lowest BCUT2D eigenvalue weighted by Gasteiger charge is -2.43. The Morgan fingerprint density at radius 2 is 0.877 bits per heavy atom. The molecule has 2 aliphatic heterocycles. The van der Waals surface area contributed by atoms with Crippen LogP contribution in [-0.4, -0.2) is 6.71 Å². The van der Waals surface area contributed by atoms with Gasteiger partial charge in [0.2, 0.25) is 0 Å². The zero-order valence-corrected chi connectivity index (χ0v) is 48.2. The van der Waals surface area contributed by atoms with E-state index in [4.69, 9.17) is 8.83 Å². The van der Waals surface area contributed by atoms with E-state index in [1.165, 1.54) is 48.2 Å². The van der Waals surface area contributed by atoms with E-state index in [0.717, 1.165) is 101 Å². The molecule has 7 heteroatoms. The molecule has 5 nitrogen and oxygen atoms in total. The van der Waals surface area contributed by atoms with Gasteiger partial charge in [0.1, 0.15) is 11.2 Å². The molecule has 0 unspecified atom stereocenters. The second-order valence-corrected chi connectivity index (χ2v) is 26.4. The minimum Gasteiger partial charge on any atom is -0.454 e. The van der Waals surface area contributed by atoms with E-state index < -0.39 is 0 Å². The van der Waals surface area contributed by atoms with Crippen LogP contribution in [0.25, 0.3) is 65.1 Å². The fraction of sp³-hybridized carbons (Fsp3) is 0.162. The van der Waals surface area contributed by atoms with Crippen LogP contribution in [0.5, 0.6) is 0 Å². The zero-order valence-electron chi connectivity index (χ0n) is 47.4. The molecule has 15 rings (SSSR count). The number of rotatable bonds is 6. The number of furan rings is 2. The predicted molar refractivity (Wildman–Crippen MR) is 347 cm³/mol. The van der Waals surface area contributed by atoms with Crippen molar-refractivity contribution >= 4 is 139 Å². The number of nitrogens with zero attached hydrogens (tertiary/aromatic N) is 3. The topological polar surface area (TPSA) is 36.0 Å². The highest BCUT2D eigenvalue weighted by Gasteiger charge is 2.47. The number of benzene rings is 10. The number of thiophene rings is 1. The molecule has 0 fully saturated rings. The van der Waals surface area contributed by atoms with Gasteiger partial charge in [-0.1, -0.05) is 190 Å². The smallest absolute Gasteiger partial charge is 0.264 e. The Labute approximate surface area is 478 Å². The van der Waals surface area contributed by atoms with Crippen molar-refractivity contribution in [2.75, 3.05) is 14.7 Å². The minimum atomic E-state index is -0.141. The van der Waals surface area contributed by atoms with Crippen molar-refractivity contribution in [3.63, 3.8) is 0 Å². The minimum absolute atomic E-state index is 0.000469. The molecule has 0 N–H and O–H groups in total. The van der Waals surface area contributed by atoms with Gasteiger partial charge < -0.3 is 23.5 Å². The average Bonchev–Trinajstić information content (AvgIpc) is 4.23. The Hall–Kier alpha value is -8.78. The van der Waals surface area contributed by atoms with E-state index in [0.29, 0.717) is 0 Å². The summed E-state index contributed by atoms with van der Waals surface area (Å²) in [6, 6.07) is 78.9. The van der Waals surface area contributed by atoms with Crippen molar-refractivity contribution in [2.45, 2.75) is 78.6 Å². The number of hydrogen-bond donors (Lipinski definition) is 0. The molecule has 0 saturated carbocycles. The van der Waals surface area contributed by atoms with E-state index in [9.17, 15) is 0 Å². The van der Waals surface area contributed by atoms with Gasteiger partial charge in [-0.25, -0.2) is 0 Å². The lowest BCUT2D eigenvalue weighted by Crippen LogP contribution is -2.60. The van der Waals surface area contributed by atoms with Gasteiger partial charge >= 0.3 is 0 Å². The van der Waals surface area contributed by atoms with Gasteiger partial charge in [-0.2, -0.15) is 0 Å². The molecule has 81 heavy (non-hydrogen) atoms. The second-order valence-electron chi connectivity index (χ2n) is 25.4. The molecular formula is C74H62BN3O2S. The summed E-state index contributed by atoms with van der Waals surface area (Å²) < 4.78 is 16.7. The molecule has 0 spiro atoms. The van der Waals surface area contributed by atoms with Crippen molar-refractivity contribution in [1.29, 1.82) is 0 Å². The summed E-state index contributed by atoms with van der Waals surface area (Å²) in [5.41, 5.74) is 21.7. The number of para-hydroxylation sites is 4. The molecule has 0 atom stereocenters. The summed E-state index contributed by atoms with van der Waals surface area (Å²) in [4.78, 5) is 7.54. The Morgan fingerprint density at radius 1 is 0.383 bits per heavy atom. The third kappa shape index (κ3) is 7.80. The molecular weight excluding hydrogens is 1010 g/mol. The summed E-state index contributed by atoms with van der Waals surface area (Å²) in [6.45, 7) is 20.5. The molecule has 0 radical (unpaired) electrons. The molecule has 0 aliphatic carbocycles. The second kappa shape index (κ2) is 17.9. The number of hydrogen-bond acceptors (Lipinski definition) is 6. The maximum absolute atomic E-state index is 7.10. The van der Waals surface area contributed by atoms with Gasteiger partial charge in [0.15, 0.2) is 11.2 Å². The molecule has 0 bridgehead atoms. The monoisotopic (exact) mass is 1070 g/mol. The molecule has 10 aromatic carbocycles. The number of fused-ring (bicyclic) bond motifs is 12. The van der Waals surface area contributed by atoms with E-state index in [1.807, 2.05) is 11.3 Å². The molecule has 394 valence electrons. The summed E-state index contributed by atoms with van der Waals surface area (Å²) in [7, 11) is 0. The Balaban J connectivity index is 1.07. The molecule has 5 heterocycles. The van der Waals surface area contributed by atoms with Gasteiger partial charge in [0, 0.05) is 70.5 Å². The average molecular weight is 1070 g/mol. The third-order valence-corrected chi connectivity index (χ3v) is 18.3. The van der Waals surface area contributed by atoms with Gasteiger partial charge in [-0.3, -0.25) is 0 Å². The Kier molecular flexibility index (Phi) is 10.9. The summed E-state index contributed by atoms with van der Waals surface area (Å²) in [5, 5.41) is 5.61. The van der Waals surface area contributed by atoms with Gasteiger partial charge in [-0.05, 0) is 140 Å². The van der Waals surface area contributed by atoms with Crippen LogP contribution in [0.1, 0.15) is 79.0 Å². The van der Waals surface area contributed by atoms with E-state index in [-0.39, 0.29) is 23.0 Å². The van der Waals surface area contributed by atoms with Gasteiger partial charge in [0.05, 0.1) is 17.1 Å². The van der Waals surface area contributed by atoms with Crippen LogP contribution >= 0.6 is 11.3 Å². The first-order valence-electron chi connectivity index (χ1n) is 28.4. The summed E-state index contributed by atoms with van der Waals surface area (Å²) >= 11 is 1.92. The van der Waals surface area contributed by atoms with Crippen LogP contribution in [0.3, 0.4) is 0 Å². The normalized spacial score (nSPS) is 13.4. The van der Waals surface area contributed by atoms with Crippen molar-refractivity contribution in [3.8, 4) is 11.1 Å². The Bertz CT molecular complexity index is 4600. The first-order chi connectivity index (χ1) is 39.1. The highest BCUT2D eigenvalue weighted by atomic mass is 32.1. The molecule has 0 saturated heterocycles. The Morgan fingerprint density at radius 3 is 1.44 bits per heavy atom. The molecule has 3 aromatic heterocycles. The SMILES string of the molecule is CC(C)(C)c1ccc(N(c2ccc(C(C)(C)C)cc2)c2ccc3c(c2)N(c2cccc4c2oc2ccccc24)c2cc(-c4ccccc4)cc4c2B3c2sc3ccc(C(C)(C)C)cc3c2N4c2cccc3c2oc2ccccc23)cc1. The highest BCUT2D eigenvalue weighted by molar-refractivity contribution is 7.33. The number of anilines is 9. The van der Waals surface area contributed by atoms with Crippen molar-refractivity contribution in [2.24, 2.45) is 0 Å². The fourth-order valence-corrected chi connectivity index (χ4v) is 14.2. The first kappa shape index (κ1) is 49.3. The largest absolute Gasteiger partial charge is 0.454 e. The quantitative estimate of drug-likeness (QED) is 0.155. The molecule has 0 amide bonds. The maximum Gasteiger partial charge on any atom is 0.264 e. The predicted octanol–water partition coefficient (Wildman–Crippen LogP) is 19.8. The van der Waals surface area contributed by atoms with E-state index in [2.05, 4.69) is 289 Å². The highest BCUT2D eigenvalue weighted by Crippen LogP contribution is 2.53. The van der Waals surface area contributed by atoms with Crippen molar-refractivity contribution < 1.29 is 8.83 Å². The first-order valence-corrected chi connectivity index (χ1v) is 29.2. The van der Waals surface area contributed by atoms with Crippen molar-refractivity contribution in [1.82, 2.24) is 0 Å². The van der Waals surface area contributed by atoms with Crippen LogP contribution in [0.2, 0.25) is 0 Å². The zero-order chi connectivity index (χ0) is 55.3. The lowest BCUT2D eigenvalue weighted by atomic mass is 9.36. The van der Waals surface area contributed by atoms with Crippen LogP contribution in [0, 0.1) is 0 Å². The molecule has 13 aromatic rings. The van der Waals surface area contributed by atoms with E-state index in [1.54, 1.807) is 0 Å². The van der Waals surface area contributed by atoms with Gasteiger partial charge in [0.25, 0.3) is 6.71 Å². The van der Waals surface area contributed by atoms with Crippen LogP contribution in [-0.2, 0) is 16.2 Å². The van der Waals surface area contributed by atoms with Gasteiger partial charge in [-0.15, -0.1) is 11.3 Å². The van der Waals surface area contributed by atoms with Crippen LogP contribution in [0.4, 0.5) is 51.2 Å². The summed E-state index contributed by atoms with van der Waals surface area (Å²) in [6.07, 6.45) is 0. The van der Waals surface area contributed by atoms with E-state index >= 15 is 0 Å². The summed E-state index contributed by atoms with van der Waals surface area (Å²) in [5.74, 6) is 0.